The van der Waals surface area contributed by atoms with Gasteiger partial charge in [-0.05, 0) is 68.4 Å². The molecule has 1 aliphatic heterocycles. The van der Waals surface area contributed by atoms with Crippen molar-refractivity contribution in [3.63, 3.8) is 0 Å². The van der Waals surface area contributed by atoms with Gasteiger partial charge in [0, 0.05) is 5.56 Å². The minimum absolute atomic E-state index is 0.116. The van der Waals surface area contributed by atoms with Crippen LogP contribution in [-0.2, 0) is 25.5 Å². The van der Waals surface area contributed by atoms with Crippen LogP contribution in [-0.4, -0.2) is 42.7 Å². The molecule has 0 aliphatic carbocycles. The van der Waals surface area contributed by atoms with Crippen molar-refractivity contribution in [2.75, 3.05) is 24.7 Å². The highest BCUT2D eigenvalue weighted by Gasteiger charge is 2.35. The molecule has 2 aromatic rings. The zero-order valence-electron chi connectivity index (χ0n) is 20.1. The standard InChI is InChI=1S/C26H24Cl2N2O6S/c1-4-8-16-11-15(13-20(34-5-2)23(16)36-14-21(31)35-6-3)12-17-24(32)29-26(37)30(25(17)33)19-10-7-9-18(27)22(19)28/h4,7,9-13H,1,5-6,8,14H2,2-3H3,(H,29,32,37)/b17-12+. The number of carbonyl (C=O) groups is 3. The predicted molar refractivity (Wildman–Crippen MR) is 146 cm³/mol. The minimum Gasteiger partial charge on any atom is -0.490 e. The van der Waals surface area contributed by atoms with E-state index in [1.807, 2.05) is 0 Å². The van der Waals surface area contributed by atoms with Crippen LogP contribution in [0.3, 0.4) is 0 Å². The van der Waals surface area contributed by atoms with Crippen LogP contribution in [0.4, 0.5) is 5.69 Å². The summed E-state index contributed by atoms with van der Waals surface area (Å²) >= 11 is 17.7. The Labute approximate surface area is 229 Å². The molecular weight excluding hydrogens is 539 g/mol. The van der Waals surface area contributed by atoms with Crippen molar-refractivity contribution < 1.29 is 28.6 Å². The second-order valence-electron chi connectivity index (χ2n) is 7.56. The van der Waals surface area contributed by atoms with Crippen molar-refractivity contribution in [3.05, 3.63) is 69.7 Å². The molecule has 194 valence electrons. The largest absolute Gasteiger partial charge is 0.490 e. The molecule has 1 heterocycles. The lowest BCUT2D eigenvalue weighted by molar-refractivity contribution is -0.145. The van der Waals surface area contributed by atoms with Crippen LogP contribution in [0.25, 0.3) is 6.08 Å². The number of halogens is 2. The highest BCUT2D eigenvalue weighted by molar-refractivity contribution is 7.80. The second-order valence-corrected chi connectivity index (χ2v) is 8.73. The maximum atomic E-state index is 13.4. The van der Waals surface area contributed by atoms with Gasteiger partial charge in [0.15, 0.2) is 23.2 Å². The highest BCUT2D eigenvalue weighted by atomic mass is 35.5. The van der Waals surface area contributed by atoms with Gasteiger partial charge in [-0.1, -0.05) is 35.3 Å². The summed E-state index contributed by atoms with van der Waals surface area (Å²) in [6, 6.07) is 8.07. The molecule has 0 bridgehead atoms. The van der Waals surface area contributed by atoms with Gasteiger partial charge in [-0.2, -0.15) is 0 Å². The number of hydrogen-bond donors (Lipinski definition) is 1. The average molecular weight is 563 g/mol. The summed E-state index contributed by atoms with van der Waals surface area (Å²) in [5.74, 6) is -1.21. The lowest BCUT2D eigenvalue weighted by Crippen LogP contribution is -2.54. The molecule has 1 N–H and O–H groups in total. The Bertz CT molecular complexity index is 1290. The lowest BCUT2D eigenvalue weighted by atomic mass is 10.0. The van der Waals surface area contributed by atoms with E-state index >= 15 is 0 Å². The molecule has 11 heteroatoms. The molecule has 8 nitrogen and oxygen atoms in total. The predicted octanol–water partition coefficient (Wildman–Crippen LogP) is 4.89. The van der Waals surface area contributed by atoms with Crippen LogP contribution >= 0.6 is 35.4 Å². The third-order valence-electron chi connectivity index (χ3n) is 5.04. The van der Waals surface area contributed by atoms with Gasteiger partial charge < -0.3 is 14.2 Å². The smallest absolute Gasteiger partial charge is 0.344 e. The van der Waals surface area contributed by atoms with E-state index in [-0.39, 0.29) is 39.6 Å². The first kappa shape index (κ1) is 28.2. The number of anilines is 1. The van der Waals surface area contributed by atoms with Crippen LogP contribution in [0, 0.1) is 0 Å². The van der Waals surface area contributed by atoms with Crippen LogP contribution in [0.2, 0.25) is 10.0 Å². The van der Waals surface area contributed by atoms with E-state index in [0.717, 1.165) is 4.90 Å². The average Bonchev–Trinajstić information content (AvgIpc) is 2.84. The zero-order chi connectivity index (χ0) is 27.1. The Hall–Kier alpha value is -3.40. The van der Waals surface area contributed by atoms with Crippen molar-refractivity contribution in [1.29, 1.82) is 0 Å². The third kappa shape index (κ3) is 6.49. The van der Waals surface area contributed by atoms with Gasteiger partial charge in [-0.3, -0.25) is 19.8 Å². The topological polar surface area (TPSA) is 94.2 Å². The monoisotopic (exact) mass is 562 g/mol. The van der Waals surface area contributed by atoms with Crippen LogP contribution in [0.15, 0.2) is 48.6 Å². The summed E-state index contributed by atoms with van der Waals surface area (Å²) < 4.78 is 16.4. The van der Waals surface area contributed by atoms with Crippen LogP contribution in [0.5, 0.6) is 11.5 Å². The molecule has 0 atom stereocenters. The van der Waals surface area contributed by atoms with E-state index in [4.69, 9.17) is 49.6 Å². The molecule has 0 radical (unpaired) electrons. The van der Waals surface area contributed by atoms with E-state index in [1.165, 1.54) is 6.08 Å². The summed E-state index contributed by atoms with van der Waals surface area (Å²) in [6.07, 6.45) is 3.43. The normalized spacial score (nSPS) is 14.4. The van der Waals surface area contributed by atoms with Crippen molar-refractivity contribution in [3.8, 4) is 11.5 Å². The van der Waals surface area contributed by atoms with Crippen molar-refractivity contribution >= 4 is 70.1 Å². The fourth-order valence-electron chi connectivity index (χ4n) is 3.54. The molecule has 37 heavy (non-hydrogen) atoms. The number of esters is 1. The van der Waals surface area contributed by atoms with Gasteiger partial charge in [0.25, 0.3) is 11.8 Å². The van der Waals surface area contributed by atoms with Crippen molar-refractivity contribution in [2.24, 2.45) is 0 Å². The molecule has 1 fully saturated rings. The van der Waals surface area contributed by atoms with E-state index in [1.54, 1.807) is 50.3 Å². The number of nitrogens with zero attached hydrogens (tertiary/aromatic N) is 1. The molecular formula is C26H24Cl2N2O6S. The fourth-order valence-corrected chi connectivity index (χ4v) is 4.20. The number of nitrogens with one attached hydrogen (secondary N) is 1. The van der Waals surface area contributed by atoms with E-state index in [9.17, 15) is 14.4 Å². The molecule has 2 aromatic carbocycles. The first-order chi connectivity index (χ1) is 17.7. The second kappa shape index (κ2) is 12.7. The van der Waals surface area contributed by atoms with Gasteiger partial charge in [0.1, 0.15) is 5.57 Å². The molecule has 1 saturated heterocycles. The molecule has 0 spiro atoms. The Balaban J connectivity index is 2.06. The number of benzene rings is 2. The van der Waals surface area contributed by atoms with E-state index < -0.39 is 17.8 Å². The van der Waals surface area contributed by atoms with Crippen LogP contribution in [0.1, 0.15) is 25.0 Å². The molecule has 1 aliphatic rings. The summed E-state index contributed by atoms with van der Waals surface area (Å²) in [4.78, 5) is 39.2. The number of allylic oxidation sites excluding steroid dienone is 1. The summed E-state index contributed by atoms with van der Waals surface area (Å²) in [5, 5.41) is 2.74. The quantitative estimate of drug-likeness (QED) is 0.145. The Morgan fingerprint density at radius 3 is 2.59 bits per heavy atom. The van der Waals surface area contributed by atoms with Gasteiger partial charge in [-0.15, -0.1) is 6.58 Å². The molecule has 3 rings (SSSR count). The molecule has 0 aromatic heterocycles. The van der Waals surface area contributed by atoms with E-state index in [0.29, 0.717) is 35.7 Å². The number of carbonyl (C=O) groups excluding carboxylic acids is 3. The summed E-state index contributed by atoms with van der Waals surface area (Å²) in [5.41, 5.74) is 1.16. The maximum absolute atomic E-state index is 13.4. The molecule has 0 saturated carbocycles. The number of ether oxygens (including phenoxy) is 3. The zero-order valence-corrected chi connectivity index (χ0v) is 22.5. The number of hydrogen-bond acceptors (Lipinski definition) is 7. The molecule has 0 unspecified atom stereocenters. The maximum Gasteiger partial charge on any atom is 0.344 e. The third-order valence-corrected chi connectivity index (χ3v) is 6.14. The lowest BCUT2D eigenvalue weighted by Gasteiger charge is -2.29. The minimum atomic E-state index is -0.677. The van der Waals surface area contributed by atoms with Gasteiger partial charge >= 0.3 is 5.97 Å². The first-order valence-corrected chi connectivity index (χ1v) is 12.4. The van der Waals surface area contributed by atoms with Gasteiger partial charge in [-0.25, -0.2) is 4.79 Å². The SMILES string of the molecule is C=CCc1cc(/C=C2\C(=O)NC(=S)N(c3cccc(Cl)c3Cl)C2=O)cc(OCC)c1OCC(=O)OCC. The Morgan fingerprint density at radius 2 is 1.92 bits per heavy atom. The Kier molecular flexibility index (Phi) is 9.68. The fraction of sp³-hybridized carbons (Fsp3) is 0.231. The number of thiocarbonyl (C=S) groups is 1. The first-order valence-electron chi connectivity index (χ1n) is 11.3. The Morgan fingerprint density at radius 1 is 1.16 bits per heavy atom. The van der Waals surface area contributed by atoms with Gasteiger partial charge in [0.2, 0.25) is 0 Å². The van der Waals surface area contributed by atoms with Crippen molar-refractivity contribution in [2.45, 2.75) is 20.3 Å². The van der Waals surface area contributed by atoms with Crippen molar-refractivity contribution in [1.82, 2.24) is 5.32 Å². The van der Waals surface area contributed by atoms with Gasteiger partial charge in [0.05, 0.1) is 28.9 Å². The number of rotatable bonds is 10. The summed E-state index contributed by atoms with van der Waals surface area (Å²) in [6.45, 7) is 7.48. The summed E-state index contributed by atoms with van der Waals surface area (Å²) in [7, 11) is 0. The highest BCUT2D eigenvalue weighted by Crippen LogP contribution is 2.36. The number of amides is 2. The molecule has 2 amide bonds. The van der Waals surface area contributed by atoms with Crippen LogP contribution < -0.4 is 19.7 Å². The van der Waals surface area contributed by atoms with E-state index in [2.05, 4.69) is 11.9 Å².